The minimum Gasteiger partial charge on any atom is -0.319 e. The first-order valence-electron chi connectivity index (χ1n) is 4.57. The molecule has 82 valence electrons. The van der Waals surface area contributed by atoms with E-state index in [2.05, 4.69) is 0 Å². The lowest BCUT2D eigenvalue weighted by atomic mass is 9.95. The van der Waals surface area contributed by atoms with Gasteiger partial charge in [-0.2, -0.15) is 0 Å². The normalized spacial score (nSPS) is 11.5. The zero-order valence-corrected chi connectivity index (χ0v) is 9.44. The van der Waals surface area contributed by atoms with E-state index in [9.17, 15) is 9.18 Å². The fourth-order valence-corrected chi connectivity index (χ4v) is 1.26. The minimum atomic E-state index is -0.921. The maximum Gasteiger partial charge on any atom is 0.156 e. The third-order valence-corrected chi connectivity index (χ3v) is 2.45. The molecule has 0 unspecified atom stereocenters. The molecule has 0 aromatic heterocycles. The topological polar surface area (TPSA) is 43.1 Å². The Labute approximate surface area is 93.2 Å². The summed E-state index contributed by atoms with van der Waals surface area (Å²) in [5.74, 6) is -0.577. The summed E-state index contributed by atoms with van der Waals surface area (Å²) in [4.78, 5) is 11.6. The lowest BCUT2D eigenvalue weighted by Gasteiger charge is -2.17. The third-order valence-electron chi connectivity index (χ3n) is 2.08. The van der Waals surface area contributed by atoms with Crippen molar-refractivity contribution in [2.45, 2.75) is 25.8 Å². The van der Waals surface area contributed by atoms with Crippen LogP contribution in [0.15, 0.2) is 18.2 Å². The van der Waals surface area contributed by atoms with Crippen LogP contribution in [0.1, 0.15) is 19.4 Å². The number of ketones is 1. The average Bonchev–Trinajstić information content (AvgIpc) is 2.09. The molecule has 2 nitrogen and oxygen atoms in total. The van der Waals surface area contributed by atoms with Crippen LogP contribution in [-0.4, -0.2) is 11.3 Å². The molecule has 1 aromatic carbocycles. The molecule has 2 N–H and O–H groups in total. The summed E-state index contributed by atoms with van der Waals surface area (Å²) in [6.45, 7) is 3.23. The third kappa shape index (κ3) is 3.29. The van der Waals surface area contributed by atoms with E-state index in [1.807, 2.05) is 0 Å². The second-order valence-electron chi connectivity index (χ2n) is 4.06. The van der Waals surface area contributed by atoms with Crippen molar-refractivity contribution < 1.29 is 9.18 Å². The van der Waals surface area contributed by atoms with E-state index in [1.165, 1.54) is 18.2 Å². The molecule has 4 heteroatoms. The highest BCUT2D eigenvalue weighted by Crippen LogP contribution is 2.19. The molecule has 0 aliphatic rings. The predicted octanol–water partition coefficient (Wildman–Crippen LogP) is 2.33. The summed E-state index contributed by atoms with van der Waals surface area (Å²) in [6.07, 6.45) is 0.0556. The van der Waals surface area contributed by atoms with Crippen LogP contribution in [0.4, 0.5) is 4.39 Å². The van der Waals surface area contributed by atoms with E-state index in [0.717, 1.165) is 0 Å². The summed E-state index contributed by atoms with van der Waals surface area (Å²) < 4.78 is 12.9. The molecule has 0 atom stereocenters. The van der Waals surface area contributed by atoms with E-state index in [1.54, 1.807) is 13.8 Å². The molecule has 0 fully saturated rings. The monoisotopic (exact) mass is 229 g/mol. The van der Waals surface area contributed by atoms with Crippen LogP contribution in [0, 0.1) is 5.82 Å². The number of rotatable bonds is 3. The van der Waals surface area contributed by atoms with Gasteiger partial charge in [-0.1, -0.05) is 11.6 Å². The maximum absolute atomic E-state index is 12.9. The van der Waals surface area contributed by atoms with Gasteiger partial charge in [-0.3, -0.25) is 4.79 Å². The molecule has 0 saturated heterocycles. The minimum absolute atomic E-state index is 0.0556. The van der Waals surface area contributed by atoms with Crippen molar-refractivity contribution in [3.8, 4) is 0 Å². The fraction of sp³-hybridized carbons (Fsp3) is 0.364. The summed E-state index contributed by atoms with van der Waals surface area (Å²) in [6, 6.07) is 3.94. The van der Waals surface area contributed by atoms with Crippen LogP contribution in [0.2, 0.25) is 5.02 Å². The molecule has 0 radical (unpaired) electrons. The molecule has 0 saturated carbocycles. The van der Waals surface area contributed by atoms with Crippen LogP contribution in [-0.2, 0) is 11.2 Å². The van der Waals surface area contributed by atoms with Crippen LogP contribution in [0.25, 0.3) is 0 Å². The summed E-state index contributed by atoms with van der Waals surface area (Å²) in [7, 11) is 0. The first-order valence-corrected chi connectivity index (χ1v) is 4.94. The largest absolute Gasteiger partial charge is 0.319 e. The number of carbonyl (C=O) groups excluding carboxylic acids is 1. The molecule has 0 amide bonds. The van der Waals surface area contributed by atoms with Gasteiger partial charge in [-0.15, -0.1) is 0 Å². The van der Waals surface area contributed by atoms with Crippen molar-refractivity contribution >= 4 is 17.4 Å². The number of Topliss-reactive ketones (excluding diaryl/α,β-unsaturated/α-hetero) is 1. The predicted molar refractivity (Wildman–Crippen MR) is 58.4 cm³/mol. The van der Waals surface area contributed by atoms with Gasteiger partial charge in [-0.05, 0) is 37.6 Å². The van der Waals surface area contributed by atoms with Crippen molar-refractivity contribution in [3.05, 3.63) is 34.6 Å². The van der Waals surface area contributed by atoms with Gasteiger partial charge in [0.1, 0.15) is 5.82 Å². The van der Waals surface area contributed by atoms with Gasteiger partial charge < -0.3 is 5.73 Å². The first-order chi connectivity index (χ1) is 6.80. The van der Waals surface area contributed by atoms with Gasteiger partial charge >= 0.3 is 0 Å². The quantitative estimate of drug-likeness (QED) is 0.865. The van der Waals surface area contributed by atoms with Crippen LogP contribution >= 0.6 is 11.6 Å². The lowest BCUT2D eigenvalue weighted by Crippen LogP contribution is -2.42. The summed E-state index contributed by atoms with van der Waals surface area (Å²) in [5, 5.41) is 0.383. The SMILES string of the molecule is CC(C)(N)C(=O)Cc1cc(F)ccc1Cl. The number of carbonyl (C=O) groups is 1. The lowest BCUT2D eigenvalue weighted by molar-refractivity contribution is -0.122. The number of benzene rings is 1. The number of hydrogen-bond acceptors (Lipinski definition) is 2. The molecule has 0 aliphatic heterocycles. The van der Waals surface area contributed by atoms with Crippen molar-refractivity contribution in [2.75, 3.05) is 0 Å². The van der Waals surface area contributed by atoms with Gasteiger partial charge in [0.2, 0.25) is 0 Å². The van der Waals surface area contributed by atoms with E-state index < -0.39 is 11.4 Å². The highest BCUT2D eigenvalue weighted by Gasteiger charge is 2.22. The fourth-order valence-electron chi connectivity index (χ4n) is 1.08. The standard InChI is InChI=1S/C11H13ClFNO/c1-11(2,14)10(15)6-7-5-8(13)3-4-9(7)12/h3-5H,6,14H2,1-2H3. The molecule has 0 bridgehead atoms. The highest BCUT2D eigenvalue weighted by molar-refractivity contribution is 6.31. The Morgan fingerprint density at radius 3 is 2.67 bits per heavy atom. The van der Waals surface area contributed by atoms with E-state index >= 15 is 0 Å². The molecule has 0 heterocycles. The molecule has 0 spiro atoms. The van der Waals surface area contributed by atoms with Gasteiger partial charge in [0.25, 0.3) is 0 Å². The Bertz CT molecular complexity index is 385. The number of hydrogen-bond donors (Lipinski definition) is 1. The number of nitrogens with two attached hydrogens (primary N) is 1. The van der Waals surface area contributed by atoms with Crippen LogP contribution < -0.4 is 5.73 Å². The Balaban J connectivity index is 2.90. The van der Waals surface area contributed by atoms with E-state index in [-0.39, 0.29) is 12.2 Å². The second-order valence-corrected chi connectivity index (χ2v) is 4.46. The van der Waals surface area contributed by atoms with E-state index in [0.29, 0.717) is 10.6 Å². The van der Waals surface area contributed by atoms with Crippen LogP contribution in [0.5, 0.6) is 0 Å². The molecule has 0 aliphatic carbocycles. The first kappa shape index (κ1) is 12.1. The zero-order valence-electron chi connectivity index (χ0n) is 8.68. The van der Waals surface area contributed by atoms with Crippen molar-refractivity contribution in [1.82, 2.24) is 0 Å². The van der Waals surface area contributed by atoms with Gasteiger partial charge in [0.15, 0.2) is 5.78 Å². The van der Waals surface area contributed by atoms with Gasteiger partial charge in [-0.25, -0.2) is 4.39 Å². The van der Waals surface area contributed by atoms with Crippen molar-refractivity contribution in [1.29, 1.82) is 0 Å². The zero-order chi connectivity index (χ0) is 11.6. The number of halogens is 2. The van der Waals surface area contributed by atoms with Crippen LogP contribution in [0.3, 0.4) is 0 Å². The maximum atomic E-state index is 12.9. The summed E-state index contributed by atoms with van der Waals surface area (Å²) >= 11 is 5.83. The van der Waals surface area contributed by atoms with E-state index in [4.69, 9.17) is 17.3 Å². The molecular formula is C11H13ClFNO. The Kier molecular flexibility index (Phi) is 3.47. The molecule has 15 heavy (non-hydrogen) atoms. The highest BCUT2D eigenvalue weighted by atomic mass is 35.5. The van der Waals surface area contributed by atoms with Gasteiger partial charge in [0.05, 0.1) is 5.54 Å². The second kappa shape index (κ2) is 4.29. The smallest absolute Gasteiger partial charge is 0.156 e. The Morgan fingerprint density at radius 2 is 2.13 bits per heavy atom. The van der Waals surface area contributed by atoms with Gasteiger partial charge in [0, 0.05) is 11.4 Å². The average molecular weight is 230 g/mol. The molecule has 1 rings (SSSR count). The van der Waals surface area contributed by atoms with Crippen molar-refractivity contribution in [2.24, 2.45) is 5.73 Å². The molecular weight excluding hydrogens is 217 g/mol. The Hall–Kier alpha value is -0.930. The molecule has 1 aromatic rings. The Morgan fingerprint density at radius 1 is 1.53 bits per heavy atom. The summed E-state index contributed by atoms with van der Waals surface area (Å²) in [5.41, 5.74) is 5.18. The van der Waals surface area contributed by atoms with Crippen molar-refractivity contribution in [3.63, 3.8) is 0 Å².